The largest absolute Gasteiger partial charge is 0.483 e. The van der Waals surface area contributed by atoms with Crippen molar-refractivity contribution in [2.24, 2.45) is 0 Å². The first-order valence-corrected chi connectivity index (χ1v) is 19.1. The van der Waals surface area contributed by atoms with E-state index in [0.29, 0.717) is 16.5 Å². The summed E-state index contributed by atoms with van der Waals surface area (Å²) in [6.07, 6.45) is 29.5. The molecule has 1 aliphatic rings. The van der Waals surface area contributed by atoms with Crippen LogP contribution < -0.4 is 0 Å². The Kier molecular flexibility index (Phi) is 27.5. The zero-order valence-electron chi connectivity index (χ0n) is 28.0. The Balaban J connectivity index is 2.17. The number of rotatable bonds is 30. The van der Waals surface area contributed by atoms with Gasteiger partial charge in [0.15, 0.2) is 16.2 Å². The van der Waals surface area contributed by atoms with Crippen LogP contribution in [0.15, 0.2) is 0 Å². The van der Waals surface area contributed by atoms with Crippen LogP contribution in [0.4, 0.5) is 0 Å². The molecule has 7 heteroatoms. The van der Waals surface area contributed by atoms with Gasteiger partial charge in [-0.05, 0) is 37.3 Å². The number of unbranched alkanes of at least 4 members (excludes halogenated alkanes) is 22. The summed E-state index contributed by atoms with van der Waals surface area (Å²) in [7, 11) is 0. The van der Waals surface area contributed by atoms with E-state index < -0.39 is 24.4 Å². The van der Waals surface area contributed by atoms with Crippen molar-refractivity contribution in [2.75, 3.05) is 13.2 Å². The maximum atomic E-state index is 10.4. The van der Waals surface area contributed by atoms with Crippen molar-refractivity contribution in [2.45, 2.75) is 205 Å². The molecule has 0 amide bonds. The van der Waals surface area contributed by atoms with Gasteiger partial charge < -0.3 is 24.4 Å². The zero-order valence-corrected chi connectivity index (χ0v) is 29.7. The predicted molar refractivity (Wildman–Crippen MR) is 189 cm³/mol. The van der Waals surface area contributed by atoms with E-state index in [-0.39, 0.29) is 13.2 Å². The fraction of sp³-hybridized carbons (Fsp3) is 0.944. The van der Waals surface area contributed by atoms with Gasteiger partial charge >= 0.3 is 0 Å². The number of aliphatic hydroxyl groups is 2. The Bertz CT molecular complexity index is 662. The molecular weight excluding hydrogens is 577 g/mol. The molecule has 0 unspecified atom stereocenters. The van der Waals surface area contributed by atoms with Gasteiger partial charge in [-0.1, -0.05) is 155 Å². The molecular formula is C36H68O5S2. The molecule has 0 spiro atoms. The normalized spacial score (nSPS) is 19.0. The molecule has 1 saturated heterocycles. The lowest BCUT2D eigenvalue weighted by atomic mass is 10.0. The van der Waals surface area contributed by atoms with Gasteiger partial charge in [0, 0.05) is 12.8 Å². The van der Waals surface area contributed by atoms with Gasteiger partial charge in [-0.25, -0.2) is 0 Å². The predicted octanol–water partition coefficient (Wildman–Crippen LogP) is 10.3. The van der Waals surface area contributed by atoms with E-state index >= 15 is 0 Å². The summed E-state index contributed by atoms with van der Waals surface area (Å²) in [5.41, 5.74) is 0. The Hall–Kier alpha value is -0.340. The van der Waals surface area contributed by atoms with E-state index in [1.54, 1.807) is 0 Å². The second kappa shape index (κ2) is 29.1. The molecule has 4 atom stereocenters. The van der Waals surface area contributed by atoms with Crippen molar-refractivity contribution in [3.05, 3.63) is 0 Å². The molecule has 2 N–H and O–H groups in total. The van der Waals surface area contributed by atoms with Gasteiger partial charge in [0.25, 0.3) is 0 Å². The van der Waals surface area contributed by atoms with Gasteiger partial charge in [0.1, 0.15) is 24.9 Å². The highest BCUT2D eigenvalue weighted by Gasteiger charge is 2.41. The van der Waals surface area contributed by atoms with Gasteiger partial charge in [-0.3, -0.25) is 0 Å². The lowest BCUT2D eigenvalue weighted by Crippen LogP contribution is -2.43. The van der Waals surface area contributed by atoms with Crippen LogP contribution in [0.3, 0.4) is 0 Å². The summed E-state index contributed by atoms with van der Waals surface area (Å²) in [6, 6.07) is 0. The molecule has 1 aliphatic heterocycles. The topological polar surface area (TPSA) is 68.2 Å². The van der Waals surface area contributed by atoms with Gasteiger partial charge in [-0.15, -0.1) is 0 Å². The van der Waals surface area contributed by atoms with E-state index in [9.17, 15) is 10.2 Å². The molecule has 0 bridgehead atoms. The van der Waals surface area contributed by atoms with Gasteiger partial charge in [-0.2, -0.15) is 0 Å². The minimum absolute atomic E-state index is 0.0838. The minimum Gasteiger partial charge on any atom is -0.483 e. The first kappa shape index (κ1) is 40.7. The SMILES string of the molecule is CCCCCCCCCCCCCCC(=S)OC[C@@H](OC(=S)CCCCCCCCCCCCCC)[C@H]1OC[C@H](O)[C@H]1O. The molecule has 0 aromatic carbocycles. The second-order valence-electron chi connectivity index (χ2n) is 12.8. The van der Waals surface area contributed by atoms with Crippen molar-refractivity contribution in [3.8, 4) is 0 Å². The lowest BCUT2D eigenvalue weighted by molar-refractivity contribution is -0.0600. The number of thiocarbonyl (C=S) groups is 2. The molecule has 0 aromatic heterocycles. The molecule has 1 heterocycles. The number of hydrogen-bond acceptors (Lipinski definition) is 7. The number of hydrogen-bond donors (Lipinski definition) is 2. The average Bonchev–Trinajstić information content (AvgIpc) is 3.33. The van der Waals surface area contributed by atoms with Gasteiger partial charge in [0.2, 0.25) is 0 Å². The third-order valence-electron chi connectivity index (χ3n) is 8.72. The van der Waals surface area contributed by atoms with E-state index in [1.165, 1.54) is 135 Å². The molecule has 5 nitrogen and oxygen atoms in total. The highest BCUT2D eigenvalue weighted by molar-refractivity contribution is 7.80. The number of aliphatic hydroxyl groups excluding tert-OH is 2. The van der Waals surface area contributed by atoms with Crippen molar-refractivity contribution >= 4 is 34.5 Å². The van der Waals surface area contributed by atoms with Crippen molar-refractivity contribution in [1.29, 1.82) is 0 Å². The van der Waals surface area contributed by atoms with Crippen LogP contribution in [0.2, 0.25) is 0 Å². The van der Waals surface area contributed by atoms with Crippen molar-refractivity contribution in [1.82, 2.24) is 0 Å². The molecule has 254 valence electrons. The van der Waals surface area contributed by atoms with Gasteiger partial charge in [0.05, 0.1) is 6.61 Å². The summed E-state index contributed by atoms with van der Waals surface area (Å²) in [5, 5.41) is 21.5. The van der Waals surface area contributed by atoms with Crippen molar-refractivity contribution in [3.63, 3.8) is 0 Å². The Morgan fingerprint density at radius 3 is 1.35 bits per heavy atom. The molecule has 0 aromatic rings. The molecule has 1 rings (SSSR count). The zero-order chi connectivity index (χ0) is 31.4. The summed E-state index contributed by atoms with van der Waals surface area (Å²) in [4.78, 5) is 0. The fourth-order valence-electron chi connectivity index (χ4n) is 5.84. The molecule has 1 fully saturated rings. The summed E-state index contributed by atoms with van der Waals surface area (Å²) >= 11 is 11.0. The van der Waals surface area contributed by atoms with Crippen LogP contribution in [0, 0.1) is 0 Å². The third-order valence-corrected chi connectivity index (χ3v) is 9.34. The Labute approximate surface area is 276 Å². The van der Waals surface area contributed by atoms with Crippen LogP contribution in [0.1, 0.15) is 181 Å². The van der Waals surface area contributed by atoms with E-state index in [4.69, 9.17) is 38.6 Å². The van der Waals surface area contributed by atoms with E-state index in [0.717, 1.165) is 25.7 Å². The number of ether oxygens (including phenoxy) is 3. The van der Waals surface area contributed by atoms with Crippen LogP contribution in [0.5, 0.6) is 0 Å². The molecule has 0 saturated carbocycles. The lowest BCUT2D eigenvalue weighted by Gasteiger charge is -2.27. The average molecular weight is 645 g/mol. The van der Waals surface area contributed by atoms with Crippen LogP contribution in [-0.2, 0) is 14.2 Å². The maximum Gasteiger partial charge on any atom is 0.162 e. The molecule has 43 heavy (non-hydrogen) atoms. The van der Waals surface area contributed by atoms with Crippen LogP contribution >= 0.6 is 24.4 Å². The van der Waals surface area contributed by atoms with E-state index in [2.05, 4.69) is 13.8 Å². The third kappa shape index (κ3) is 22.8. The van der Waals surface area contributed by atoms with Crippen molar-refractivity contribution < 1.29 is 24.4 Å². The Morgan fingerprint density at radius 2 is 0.977 bits per heavy atom. The summed E-state index contributed by atoms with van der Waals surface area (Å²) < 4.78 is 17.6. The fourth-order valence-corrected chi connectivity index (χ4v) is 6.32. The smallest absolute Gasteiger partial charge is 0.162 e. The van der Waals surface area contributed by atoms with E-state index in [1.807, 2.05) is 0 Å². The highest BCUT2D eigenvalue weighted by Crippen LogP contribution is 2.22. The highest BCUT2D eigenvalue weighted by atomic mass is 32.1. The molecule has 0 radical (unpaired) electrons. The first-order valence-electron chi connectivity index (χ1n) is 18.3. The first-order chi connectivity index (χ1) is 21.0. The summed E-state index contributed by atoms with van der Waals surface area (Å²) in [5.74, 6) is 0. The van der Waals surface area contributed by atoms with Crippen LogP contribution in [0.25, 0.3) is 0 Å². The maximum absolute atomic E-state index is 10.4. The quantitative estimate of drug-likeness (QED) is 0.0596. The molecule has 0 aliphatic carbocycles. The minimum atomic E-state index is -1.02. The second-order valence-corrected chi connectivity index (χ2v) is 13.8. The monoisotopic (exact) mass is 644 g/mol. The standard InChI is InChI=1S/C36H68O5S2/c1-3-5-7-9-11-13-15-17-19-21-23-25-27-33(42)39-30-32(36-35(38)31(37)29-40-36)41-34(43)28-26-24-22-20-18-16-14-12-10-8-6-4-2/h31-32,35-38H,3-30H2,1-2H3/t31-,32+,35+,36+/m0/s1. The summed E-state index contributed by atoms with van der Waals surface area (Å²) in [6.45, 7) is 4.79. The van der Waals surface area contributed by atoms with Crippen LogP contribution in [-0.4, -0.2) is 57.9 Å². The Morgan fingerprint density at radius 1 is 0.605 bits per heavy atom.